The number of rotatable bonds is 5. The second kappa shape index (κ2) is 6.05. The van der Waals surface area contributed by atoms with Crippen molar-refractivity contribution in [3.05, 3.63) is 51.7 Å². The lowest BCUT2D eigenvalue weighted by atomic mass is 10.2. The first-order chi connectivity index (χ1) is 9.45. The van der Waals surface area contributed by atoms with E-state index in [1.54, 1.807) is 20.0 Å². The van der Waals surface area contributed by atoms with Gasteiger partial charge in [0.1, 0.15) is 0 Å². The molecule has 0 fully saturated rings. The molecule has 2 rings (SSSR count). The van der Waals surface area contributed by atoms with Gasteiger partial charge in [0.15, 0.2) is 0 Å². The molecule has 0 spiro atoms. The van der Waals surface area contributed by atoms with E-state index in [1.165, 1.54) is 15.6 Å². The van der Waals surface area contributed by atoms with E-state index >= 15 is 0 Å². The predicted octanol–water partition coefficient (Wildman–Crippen LogP) is 2.37. The van der Waals surface area contributed by atoms with Gasteiger partial charge < -0.3 is 5.11 Å². The molecule has 0 saturated heterocycles. The summed E-state index contributed by atoms with van der Waals surface area (Å²) in [5, 5.41) is 9.12. The van der Waals surface area contributed by atoms with Crippen LogP contribution in [0.15, 0.2) is 41.3 Å². The summed E-state index contributed by atoms with van der Waals surface area (Å²) in [5.74, 6) is 0. The average molecular weight is 311 g/mol. The Bertz CT molecular complexity index is 678. The third-order valence-corrected chi connectivity index (χ3v) is 6.11. The predicted molar refractivity (Wildman–Crippen MR) is 80.1 cm³/mol. The maximum absolute atomic E-state index is 12.5. The highest BCUT2D eigenvalue weighted by Crippen LogP contribution is 2.28. The van der Waals surface area contributed by atoms with Gasteiger partial charge in [0.05, 0.1) is 11.5 Å². The molecule has 0 atom stereocenters. The van der Waals surface area contributed by atoms with Gasteiger partial charge in [0.25, 0.3) is 0 Å². The van der Waals surface area contributed by atoms with E-state index in [2.05, 4.69) is 0 Å². The van der Waals surface area contributed by atoms with Gasteiger partial charge in [0.2, 0.25) is 10.0 Å². The lowest BCUT2D eigenvalue weighted by Gasteiger charge is -2.17. The number of aryl methyl sites for hydroxylation is 1. The molecular formula is C14H17NO3S2. The first kappa shape index (κ1) is 15.2. The van der Waals surface area contributed by atoms with E-state index in [0.717, 1.165) is 5.56 Å². The highest BCUT2D eigenvalue weighted by molar-refractivity contribution is 7.89. The molecule has 108 valence electrons. The topological polar surface area (TPSA) is 57.6 Å². The van der Waals surface area contributed by atoms with Crippen LogP contribution in [0.25, 0.3) is 0 Å². The maximum atomic E-state index is 12.5. The summed E-state index contributed by atoms with van der Waals surface area (Å²) < 4.78 is 26.4. The van der Waals surface area contributed by atoms with Gasteiger partial charge in [-0.1, -0.05) is 30.3 Å². The largest absolute Gasteiger partial charge is 0.391 e. The Kier molecular flexibility index (Phi) is 4.59. The lowest BCUT2D eigenvalue weighted by Crippen LogP contribution is -2.26. The van der Waals surface area contributed by atoms with Gasteiger partial charge in [0, 0.05) is 23.3 Å². The van der Waals surface area contributed by atoms with Gasteiger partial charge in [-0.15, -0.1) is 11.3 Å². The molecule has 4 nitrogen and oxygen atoms in total. The van der Waals surface area contributed by atoms with Crippen molar-refractivity contribution in [3.8, 4) is 0 Å². The van der Waals surface area contributed by atoms with Crippen LogP contribution in [0.4, 0.5) is 0 Å². The standard InChI is InChI=1S/C14H17NO3S2/c1-11-14(8-13(10-16)19-11)20(17,18)15(2)9-12-6-4-3-5-7-12/h3-8,16H,9-10H2,1-2H3. The Balaban J connectivity index is 2.27. The summed E-state index contributed by atoms with van der Waals surface area (Å²) in [4.78, 5) is 1.65. The maximum Gasteiger partial charge on any atom is 0.244 e. The van der Waals surface area contributed by atoms with Crippen molar-refractivity contribution in [2.45, 2.75) is 25.0 Å². The fraction of sp³-hybridized carbons (Fsp3) is 0.286. The molecule has 0 saturated carbocycles. The number of nitrogens with zero attached hydrogens (tertiary/aromatic N) is 1. The highest BCUT2D eigenvalue weighted by Gasteiger charge is 2.24. The van der Waals surface area contributed by atoms with E-state index in [1.807, 2.05) is 30.3 Å². The number of aliphatic hydroxyl groups excluding tert-OH is 1. The smallest absolute Gasteiger partial charge is 0.244 e. The average Bonchev–Trinajstić information content (AvgIpc) is 2.82. The third kappa shape index (κ3) is 3.09. The minimum absolute atomic E-state index is 0.135. The van der Waals surface area contributed by atoms with Crippen molar-refractivity contribution in [1.29, 1.82) is 0 Å². The molecule has 20 heavy (non-hydrogen) atoms. The van der Waals surface area contributed by atoms with Gasteiger partial charge in [-0.3, -0.25) is 0 Å². The minimum atomic E-state index is -3.52. The van der Waals surface area contributed by atoms with Crippen molar-refractivity contribution in [3.63, 3.8) is 0 Å². The van der Waals surface area contributed by atoms with Crippen LogP contribution in [0.5, 0.6) is 0 Å². The monoisotopic (exact) mass is 311 g/mol. The zero-order valence-electron chi connectivity index (χ0n) is 11.4. The van der Waals surface area contributed by atoms with Crippen molar-refractivity contribution < 1.29 is 13.5 Å². The third-order valence-electron chi connectivity index (χ3n) is 3.02. The summed E-state index contributed by atoms with van der Waals surface area (Å²) in [6, 6.07) is 11.0. The zero-order chi connectivity index (χ0) is 14.8. The van der Waals surface area contributed by atoms with Gasteiger partial charge >= 0.3 is 0 Å². The molecule has 0 amide bonds. The molecule has 1 aromatic heterocycles. The molecule has 6 heteroatoms. The van der Waals surface area contributed by atoms with Crippen molar-refractivity contribution in [1.82, 2.24) is 4.31 Å². The normalized spacial score (nSPS) is 12.0. The first-order valence-corrected chi connectivity index (χ1v) is 8.41. The van der Waals surface area contributed by atoms with Crippen LogP contribution in [-0.2, 0) is 23.2 Å². The summed E-state index contributed by atoms with van der Waals surface area (Å²) in [7, 11) is -1.96. The summed E-state index contributed by atoms with van der Waals surface area (Å²) in [5.41, 5.74) is 0.939. The minimum Gasteiger partial charge on any atom is -0.391 e. The van der Waals surface area contributed by atoms with Crippen molar-refractivity contribution in [2.75, 3.05) is 7.05 Å². The Morgan fingerprint density at radius 2 is 1.90 bits per heavy atom. The molecule has 0 aliphatic heterocycles. The van der Waals surface area contributed by atoms with Gasteiger partial charge in [-0.25, -0.2) is 8.42 Å². The Morgan fingerprint density at radius 1 is 1.25 bits per heavy atom. The fourth-order valence-corrected chi connectivity index (χ4v) is 4.57. The number of sulfonamides is 1. The first-order valence-electron chi connectivity index (χ1n) is 6.15. The molecule has 1 N–H and O–H groups in total. The van der Waals surface area contributed by atoms with Crippen molar-refractivity contribution in [2.24, 2.45) is 0 Å². The van der Waals surface area contributed by atoms with Crippen LogP contribution in [0.2, 0.25) is 0 Å². The molecule has 0 aliphatic carbocycles. The molecule has 0 unspecified atom stereocenters. The molecule has 0 radical (unpaired) electrons. The molecular weight excluding hydrogens is 294 g/mol. The van der Waals surface area contributed by atoms with E-state index in [0.29, 0.717) is 16.3 Å². The van der Waals surface area contributed by atoms with E-state index in [4.69, 9.17) is 5.11 Å². The van der Waals surface area contributed by atoms with Crippen LogP contribution in [-0.4, -0.2) is 24.9 Å². The van der Waals surface area contributed by atoms with Crippen LogP contribution >= 0.6 is 11.3 Å². The summed E-state index contributed by atoms with van der Waals surface area (Å²) in [6.07, 6.45) is 0. The summed E-state index contributed by atoms with van der Waals surface area (Å²) in [6.45, 7) is 1.95. The van der Waals surface area contributed by atoms with E-state index in [-0.39, 0.29) is 11.5 Å². The van der Waals surface area contributed by atoms with Crippen LogP contribution < -0.4 is 0 Å². The van der Waals surface area contributed by atoms with Gasteiger partial charge in [-0.05, 0) is 18.6 Å². The van der Waals surface area contributed by atoms with E-state index in [9.17, 15) is 8.42 Å². The quantitative estimate of drug-likeness (QED) is 0.922. The van der Waals surface area contributed by atoms with Crippen LogP contribution in [0.1, 0.15) is 15.3 Å². The molecule has 0 aliphatic rings. The molecule has 1 aromatic carbocycles. The second-order valence-corrected chi connectivity index (χ2v) is 7.89. The molecule has 2 aromatic rings. The molecule has 1 heterocycles. The fourth-order valence-electron chi connectivity index (χ4n) is 1.95. The zero-order valence-corrected chi connectivity index (χ0v) is 13.0. The number of aliphatic hydroxyl groups is 1. The van der Waals surface area contributed by atoms with Gasteiger partial charge in [-0.2, -0.15) is 4.31 Å². The van der Waals surface area contributed by atoms with Crippen LogP contribution in [0, 0.1) is 6.92 Å². The Labute approximate surface area is 123 Å². The SMILES string of the molecule is Cc1sc(CO)cc1S(=O)(=O)N(C)Cc1ccccc1. The second-order valence-electron chi connectivity index (χ2n) is 4.54. The molecule has 0 bridgehead atoms. The van der Waals surface area contributed by atoms with Crippen LogP contribution in [0.3, 0.4) is 0 Å². The summed E-state index contributed by atoms with van der Waals surface area (Å²) >= 11 is 1.31. The number of benzene rings is 1. The van der Waals surface area contributed by atoms with Crippen molar-refractivity contribution >= 4 is 21.4 Å². The number of thiophene rings is 1. The Hall–Kier alpha value is -1.21. The number of hydrogen-bond donors (Lipinski definition) is 1. The number of hydrogen-bond acceptors (Lipinski definition) is 4. The lowest BCUT2D eigenvalue weighted by molar-refractivity contribution is 0.285. The highest BCUT2D eigenvalue weighted by atomic mass is 32.2. The van der Waals surface area contributed by atoms with E-state index < -0.39 is 10.0 Å². The Morgan fingerprint density at radius 3 is 2.45 bits per heavy atom.